The van der Waals surface area contributed by atoms with Crippen LogP contribution in [0, 0.1) is 81.9 Å². The lowest BCUT2D eigenvalue weighted by Gasteiger charge is -2.61. The summed E-state index contributed by atoms with van der Waals surface area (Å²) in [6, 6.07) is 0. The van der Waals surface area contributed by atoms with Gasteiger partial charge < -0.3 is 54.0 Å². The molecular formula is C48H66O14. The summed E-state index contributed by atoms with van der Waals surface area (Å²) in [5.74, 6) is 4.43. The highest BCUT2D eigenvalue weighted by Crippen LogP contribution is 2.69. The topological polar surface area (TPSA) is 208 Å². The summed E-state index contributed by atoms with van der Waals surface area (Å²) >= 11 is 0. The van der Waals surface area contributed by atoms with E-state index < -0.39 is 76.4 Å². The fraction of sp³-hybridized carbons (Fsp3) is 0.771. The van der Waals surface area contributed by atoms with Crippen molar-refractivity contribution in [3.8, 4) is 24.7 Å². The molecule has 18 atom stereocenters. The zero-order chi connectivity index (χ0) is 45.4. The molecule has 14 nitrogen and oxygen atoms in total. The molecule has 0 aromatic heterocycles. The minimum atomic E-state index is -1.41. The van der Waals surface area contributed by atoms with Gasteiger partial charge in [0, 0.05) is 29.1 Å². The fourth-order valence-electron chi connectivity index (χ4n) is 14.7. The number of aliphatic hydroxyl groups excluding tert-OH is 3. The van der Waals surface area contributed by atoms with Crippen molar-refractivity contribution in [2.75, 3.05) is 21.3 Å². The van der Waals surface area contributed by atoms with Gasteiger partial charge >= 0.3 is 18.5 Å². The van der Waals surface area contributed by atoms with Crippen LogP contribution in [0.3, 0.4) is 0 Å². The second-order valence-electron chi connectivity index (χ2n) is 20.5. The fourth-order valence-corrected chi connectivity index (χ4v) is 14.7. The first kappa shape index (κ1) is 46.2. The van der Waals surface area contributed by atoms with Gasteiger partial charge in [0.1, 0.15) is 29.5 Å². The molecule has 8 rings (SSSR count). The minimum absolute atomic E-state index is 0.0480. The monoisotopic (exact) mass is 866 g/mol. The summed E-state index contributed by atoms with van der Waals surface area (Å²) in [7, 11) is 3.74. The molecule has 0 aromatic carbocycles. The molecule has 14 heteroatoms. The van der Waals surface area contributed by atoms with Gasteiger partial charge in [0.2, 0.25) is 0 Å². The quantitative estimate of drug-likeness (QED) is 0.101. The Bertz CT molecular complexity index is 1930. The molecule has 8 aliphatic carbocycles. The number of fused-ring (bicyclic) bond motifs is 10. The van der Waals surface area contributed by atoms with Crippen LogP contribution in [0.1, 0.15) is 105 Å². The molecule has 342 valence electrons. The molecule has 6 saturated carbocycles. The number of hydrogen-bond acceptors (Lipinski definition) is 14. The molecule has 0 radical (unpaired) electrons. The molecule has 6 unspecified atom stereocenters. The van der Waals surface area contributed by atoms with E-state index in [1.54, 1.807) is 0 Å². The molecule has 62 heavy (non-hydrogen) atoms. The number of terminal acetylenes is 2. The maximum absolute atomic E-state index is 12.4. The van der Waals surface area contributed by atoms with Crippen molar-refractivity contribution in [3.05, 3.63) is 23.3 Å². The third-order valence-electron chi connectivity index (χ3n) is 18.0. The van der Waals surface area contributed by atoms with Gasteiger partial charge in [0.25, 0.3) is 0 Å². The molecule has 0 saturated heterocycles. The van der Waals surface area contributed by atoms with E-state index in [4.69, 9.17) is 36.5 Å². The van der Waals surface area contributed by atoms with E-state index in [0.717, 1.165) is 30.4 Å². The molecule has 0 heterocycles. The smallest absolute Gasteiger partial charge is 0.438 e. The second kappa shape index (κ2) is 16.3. The average Bonchev–Trinajstić information content (AvgIpc) is 3.66. The molecule has 5 N–H and O–H groups in total. The molecule has 6 fully saturated rings. The van der Waals surface area contributed by atoms with E-state index in [1.807, 2.05) is 26.0 Å². The van der Waals surface area contributed by atoms with E-state index in [-0.39, 0.29) is 47.0 Å². The summed E-state index contributed by atoms with van der Waals surface area (Å²) in [4.78, 5) is 36.6. The van der Waals surface area contributed by atoms with E-state index in [0.29, 0.717) is 57.8 Å². The predicted molar refractivity (Wildman–Crippen MR) is 222 cm³/mol. The molecule has 8 aliphatic rings. The highest BCUT2D eigenvalue weighted by molar-refractivity contribution is 5.61. The zero-order valence-electron chi connectivity index (χ0n) is 37.1. The lowest BCUT2D eigenvalue weighted by atomic mass is 9.45. The van der Waals surface area contributed by atoms with Crippen molar-refractivity contribution in [2.45, 2.75) is 153 Å². The Morgan fingerprint density at radius 1 is 0.645 bits per heavy atom. The lowest BCUT2D eigenvalue weighted by molar-refractivity contribution is -0.179. The highest BCUT2D eigenvalue weighted by atomic mass is 16.7. The lowest BCUT2D eigenvalue weighted by Crippen LogP contribution is -2.63. The summed E-state index contributed by atoms with van der Waals surface area (Å²) in [6.45, 7) is 8.20. The second-order valence-corrected chi connectivity index (χ2v) is 20.5. The summed E-state index contributed by atoms with van der Waals surface area (Å²) < 4.78 is 31.5. The van der Waals surface area contributed by atoms with Crippen molar-refractivity contribution in [3.63, 3.8) is 0 Å². The van der Waals surface area contributed by atoms with Crippen LogP contribution in [0.4, 0.5) is 14.4 Å². The highest BCUT2D eigenvalue weighted by Gasteiger charge is 2.70. The van der Waals surface area contributed by atoms with Gasteiger partial charge in [0.15, 0.2) is 0 Å². The molecule has 0 spiro atoms. The Balaban J connectivity index is 0.000000200. The van der Waals surface area contributed by atoms with Gasteiger partial charge in [-0.25, -0.2) is 14.4 Å². The zero-order valence-corrected chi connectivity index (χ0v) is 37.1. The van der Waals surface area contributed by atoms with Crippen LogP contribution in [0.15, 0.2) is 23.3 Å². The molecule has 0 bridgehead atoms. The summed E-state index contributed by atoms with van der Waals surface area (Å²) in [6.07, 6.45) is 16.4. The third kappa shape index (κ3) is 7.02. The number of carbonyl (C=O) groups excluding carboxylic acids is 3. The summed E-state index contributed by atoms with van der Waals surface area (Å²) in [5, 5.41) is 54.7. The summed E-state index contributed by atoms with van der Waals surface area (Å²) in [5.41, 5.74) is -2.62. The Labute approximate surface area is 365 Å². The average molecular weight is 867 g/mol. The number of hydrogen-bond donors (Lipinski definition) is 5. The molecule has 0 aliphatic heterocycles. The maximum Gasteiger partial charge on any atom is 0.508 e. The van der Waals surface area contributed by atoms with Gasteiger partial charge in [-0.1, -0.05) is 56.8 Å². The van der Waals surface area contributed by atoms with Crippen LogP contribution in [0.25, 0.3) is 0 Å². The molecule has 0 aromatic rings. The first-order valence-corrected chi connectivity index (χ1v) is 22.2. The Kier molecular flexibility index (Phi) is 12.2. The van der Waals surface area contributed by atoms with E-state index in [2.05, 4.69) is 30.4 Å². The van der Waals surface area contributed by atoms with Crippen molar-refractivity contribution in [1.82, 2.24) is 0 Å². The SMILES string of the molecule is C#C[C@]1(O)CCC2C3C([C@H](O)C[C@@]21C)[C@@]1(C)CC[C@H](O)CC1=C[C@@H]3O.C#C[C@]1(O)CCC2C3C([C@H](OC(=O)OC)C[C@@]21C)[C@@]1(C)CC[C@H](OC(=O)OC)CC1=C[C@@H]3OC(=O)OC. The van der Waals surface area contributed by atoms with Gasteiger partial charge in [-0.15, -0.1) is 12.8 Å². The van der Waals surface area contributed by atoms with Gasteiger partial charge in [-0.05, 0) is 111 Å². The van der Waals surface area contributed by atoms with Crippen LogP contribution in [-0.2, 0) is 28.4 Å². The number of carbonyl (C=O) groups is 3. The van der Waals surface area contributed by atoms with Gasteiger partial charge in [-0.3, -0.25) is 0 Å². The van der Waals surface area contributed by atoms with E-state index in [1.165, 1.54) is 21.3 Å². The molecule has 0 amide bonds. The maximum atomic E-state index is 12.4. The van der Waals surface area contributed by atoms with Crippen molar-refractivity contribution in [1.29, 1.82) is 0 Å². The van der Waals surface area contributed by atoms with Crippen molar-refractivity contribution >= 4 is 18.5 Å². The van der Waals surface area contributed by atoms with Gasteiger partial charge in [-0.2, -0.15) is 0 Å². The van der Waals surface area contributed by atoms with Gasteiger partial charge in [0.05, 0.1) is 39.6 Å². The van der Waals surface area contributed by atoms with Crippen LogP contribution < -0.4 is 0 Å². The first-order valence-electron chi connectivity index (χ1n) is 22.2. The van der Waals surface area contributed by atoms with Crippen LogP contribution in [0.2, 0.25) is 0 Å². The number of methoxy groups -OCH3 is 3. The van der Waals surface area contributed by atoms with Crippen LogP contribution in [-0.4, -0.2) is 113 Å². The first-order chi connectivity index (χ1) is 29.1. The standard InChI is InChI=1S/C27H36O10.C21H30O4/c1-7-27(31)11-9-17-20-18(36-23(29)33-5)13-15-12-16(35-22(28)32-4)8-10-25(15,2)21(20)19(14-26(17,27)3)37-24(30)34-6;1-4-21(25)8-6-14-17-15(23)10-12-9-13(22)5-7-19(12,2)18(17)16(24)11-20(14,21)3/h1,13,16-21,31H,8-12,14H2,2-6H3;1,10,13-18,22-25H,5-9,11H2,2-3H3/t16-,17?,18-,19+,20?,21?,25-,26-,27-;13-,14?,15-,16+,17?,18?,19-,20-,21-/m00/s1. The molecular weight excluding hydrogens is 801 g/mol. The number of ether oxygens (including phenoxy) is 6. The number of rotatable bonds is 3. The number of aliphatic hydroxyl groups is 5. The Hall–Kier alpha value is -3.79. The van der Waals surface area contributed by atoms with E-state index in [9.17, 15) is 39.9 Å². The van der Waals surface area contributed by atoms with Crippen molar-refractivity contribution in [2.24, 2.45) is 57.2 Å². The van der Waals surface area contributed by atoms with E-state index >= 15 is 0 Å². The van der Waals surface area contributed by atoms with Crippen LogP contribution >= 0.6 is 0 Å². The predicted octanol–water partition coefficient (Wildman–Crippen LogP) is 5.60. The van der Waals surface area contributed by atoms with Crippen LogP contribution in [0.5, 0.6) is 0 Å². The third-order valence-corrected chi connectivity index (χ3v) is 18.0. The largest absolute Gasteiger partial charge is 0.508 e. The van der Waals surface area contributed by atoms with Crippen molar-refractivity contribution < 1.29 is 68.3 Å². The Morgan fingerprint density at radius 3 is 1.76 bits per heavy atom. The normalized spacial score (nSPS) is 48.3. The minimum Gasteiger partial charge on any atom is -0.438 e. The Morgan fingerprint density at radius 2 is 1.16 bits per heavy atom.